The van der Waals surface area contributed by atoms with Crippen LogP contribution in [0.5, 0.6) is 0 Å². The van der Waals surface area contributed by atoms with Crippen LogP contribution in [0.2, 0.25) is 0 Å². The molecule has 0 aromatic carbocycles. The number of hydrogen-bond acceptors (Lipinski definition) is 3. The van der Waals surface area contributed by atoms with Crippen molar-refractivity contribution in [3.8, 4) is 0 Å². The maximum absolute atomic E-state index is 10.7. The second-order valence-corrected chi connectivity index (χ2v) is 4.54. The zero-order chi connectivity index (χ0) is 10.7. The first kappa shape index (κ1) is 10.1. The third-order valence-electron chi connectivity index (χ3n) is 2.26. The smallest absolute Gasteiger partial charge is 0.168 e. The van der Waals surface area contributed by atoms with Gasteiger partial charge in [0.05, 0.1) is 19.1 Å². The largest absolute Gasteiger partial charge is 0.323 e. The van der Waals surface area contributed by atoms with Crippen LogP contribution in [0.1, 0.15) is 27.2 Å². The monoisotopic (exact) mass is 220 g/mol. The Labute approximate surface area is 92.4 Å². The first-order valence-corrected chi connectivity index (χ1v) is 5.68. The van der Waals surface area contributed by atoms with Gasteiger partial charge >= 0.3 is 0 Å². The van der Waals surface area contributed by atoms with Gasteiger partial charge in [0.1, 0.15) is 5.69 Å². The molecule has 0 spiro atoms. The fraction of sp³-hybridized carbons (Fsp3) is 0.273. The standard InChI is InChI=1S/C11H12N2OS/c1-2-10-3-4-11(15-10)6-13-8-12-5-9(13)7-14/h3-5,7-8H,2,6H2,1H3. The van der Waals surface area contributed by atoms with Gasteiger partial charge in [0.15, 0.2) is 6.29 Å². The SMILES string of the molecule is CCc1ccc(Cn2cncc2C=O)s1. The van der Waals surface area contributed by atoms with Gasteiger partial charge < -0.3 is 4.57 Å². The minimum atomic E-state index is 0.626. The average Bonchev–Trinajstić information content (AvgIpc) is 2.87. The number of nitrogens with zero attached hydrogens (tertiary/aromatic N) is 2. The van der Waals surface area contributed by atoms with Crippen molar-refractivity contribution in [1.82, 2.24) is 9.55 Å². The van der Waals surface area contributed by atoms with E-state index in [1.807, 2.05) is 4.57 Å². The first-order chi connectivity index (χ1) is 7.33. The molecule has 2 heterocycles. The van der Waals surface area contributed by atoms with Crippen LogP contribution in [0.15, 0.2) is 24.7 Å². The van der Waals surface area contributed by atoms with Crippen molar-refractivity contribution >= 4 is 17.6 Å². The third kappa shape index (κ3) is 2.15. The Bertz CT molecular complexity index is 459. The van der Waals surface area contributed by atoms with Gasteiger partial charge in [-0.3, -0.25) is 4.79 Å². The lowest BCUT2D eigenvalue weighted by molar-refractivity contribution is 0.111. The number of aldehydes is 1. The molecule has 0 radical (unpaired) electrons. The van der Waals surface area contributed by atoms with E-state index in [2.05, 4.69) is 24.0 Å². The number of imidazole rings is 1. The van der Waals surface area contributed by atoms with Crippen LogP contribution in [0.3, 0.4) is 0 Å². The van der Waals surface area contributed by atoms with Gasteiger partial charge in [-0.2, -0.15) is 0 Å². The Hall–Kier alpha value is -1.42. The normalized spacial score (nSPS) is 10.5. The first-order valence-electron chi connectivity index (χ1n) is 4.86. The number of carbonyl (C=O) groups is 1. The maximum atomic E-state index is 10.7. The van der Waals surface area contributed by atoms with Crippen LogP contribution in [-0.4, -0.2) is 15.8 Å². The van der Waals surface area contributed by atoms with Crippen molar-refractivity contribution in [3.63, 3.8) is 0 Å². The Balaban J connectivity index is 2.17. The molecule has 0 bridgehead atoms. The fourth-order valence-corrected chi connectivity index (χ4v) is 2.38. The summed E-state index contributed by atoms with van der Waals surface area (Å²) in [4.78, 5) is 17.3. The molecule has 0 aliphatic carbocycles. The van der Waals surface area contributed by atoms with E-state index < -0.39 is 0 Å². The lowest BCUT2D eigenvalue weighted by atomic mass is 10.3. The molecule has 0 aliphatic heterocycles. The highest BCUT2D eigenvalue weighted by Crippen LogP contribution is 2.18. The lowest BCUT2D eigenvalue weighted by Crippen LogP contribution is -2.00. The van der Waals surface area contributed by atoms with Crippen molar-refractivity contribution < 1.29 is 4.79 Å². The van der Waals surface area contributed by atoms with E-state index in [4.69, 9.17) is 0 Å². The van der Waals surface area contributed by atoms with Gasteiger partial charge in [0, 0.05) is 9.75 Å². The van der Waals surface area contributed by atoms with Crippen molar-refractivity contribution in [1.29, 1.82) is 0 Å². The Kier molecular flexibility index (Phi) is 2.97. The molecule has 2 aromatic rings. The summed E-state index contributed by atoms with van der Waals surface area (Å²) in [6.45, 7) is 2.88. The quantitative estimate of drug-likeness (QED) is 0.741. The summed E-state index contributed by atoms with van der Waals surface area (Å²) in [6.07, 6.45) is 5.17. The minimum Gasteiger partial charge on any atom is -0.323 e. The molecule has 0 atom stereocenters. The molecule has 0 saturated carbocycles. The number of rotatable bonds is 4. The van der Waals surface area contributed by atoms with Crippen LogP contribution >= 0.6 is 11.3 Å². The van der Waals surface area contributed by atoms with Crippen LogP contribution in [0.25, 0.3) is 0 Å². The zero-order valence-electron chi connectivity index (χ0n) is 8.51. The molecule has 2 rings (SSSR count). The maximum Gasteiger partial charge on any atom is 0.168 e. The van der Waals surface area contributed by atoms with Gasteiger partial charge in [-0.15, -0.1) is 11.3 Å². The van der Waals surface area contributed by atoms with E-state index in [0.717, 1.165) is 19.3 Å². The Morgan fingerprint density at radius 1 is 1.47 bits per heavy atom. The number of carbonyl (C=O) groups excluding carboxylic acids is 1. The van der Waals surface area contributed by atoms with Gasteiger partial charge in [-0.1, -0.05) is 6.92 Å². The van der Waals surface area contributed by atoms with E-state index >= 15 is 0 Å². The summed E-state index contributed by atoms with van der Waals surface area (Å²) >= 11 is 1.79. The molecular formula is C11H12N2OS. The van der Waals surface area contributed by atoms with Gasteiger partial charge in [-0.05, 0) is 18.6 Å². The van der Waals surface area contributed by atoms with Crippen molar-refractivity contribution in [3.05, 3.63) is 40.1 Å². The number of hydrogen-bond donors (Lipinski definition) is 0. The molecule has 0 fully saturated rings. The summed E-state index contributed by atoms with van der Waals surface area (Å²) in [5.41, 5.74) is 0.626. The molecule has 3 nitrogen and oxygen atoms in total. The highest BCUT2D eigenvalue weighted by atomic mass is 32.1. The zero-order valence-corrected chi connectivity index (χ0v) is 9.33. The van der Waals surface area contributed by atoms with E-state index in [0.29, 0.717) is 5.69 Å². The topological polar surface area (TPSA) is 34.9 Å². The van der Waals surface area contributed by atoms with Crippen molar-refractivity contribution in [2.45, 2.75) is 19.9 Å². The van der Waals surface area contributed by atoms with E-state index in [1.165, 1.54) is 9.75 Å². The summed E-state index contributed by atoms with van der Waals surface area (Å²) in [5, 5.41) is 0. The van der Waals surface area contributed by atoms with E-state index in [9.17, 15) is 4.79 Å². The van der Waals surface area contributed by atoms with Crippen LogP contribution in [0.4, 0.5) is 0 Å². The molecule has 0 saturated heterocycles. The molecular weight excluding hydrogens is 208 g/mol. The highest BCUT2D eigenvalue weighted by Gasteiger charge is 2.03. The predicted octanol–water partition coefficient (Wildman–Crippen LogP) is 2.37. The second kappa shape index (κ2) is 4.40. The van der Waals surface area contributed by atoms with E-state index in [-0.39, 0.29) is 0 Å². The Morgan fingerprint density at radius 2 is 2.27 bits per heavy atom. The Morgan fingerprint density at radius 3 is 2.93 bits per heavy atom. The molecule has 0 unspecified atom stereocenters. The predicted molar refractivity (Wildman–Crippen MR) is 60.4 cm³/mol. The third-order valence-corrected chi connectivity index (χ3v) is 3.47. The van der Waals surface area contributed by atoms with Crippen molar-refractivity contribution in [2.24, 2.45) is 0 Å². The second-order valence-electron chi connectivity index (χ2n) is 3.29. The molecule has 0 aliphatic rings. The van der Waals surface area contributed by atoms with Crippen LogP contribution in [-0.2, 0) is 13.0 Å². The molecule has 4 heteroatoms. The van der Waals surface area contributed by atoms with Gasteiger partial charge in [-0.25, -0.2) is 4.98 Å². The highest BCUT2D eigenvalue weighted by molar-refractivity contribution is 7.11. The summed E-state index contributed by atoms with van der Waals surface area (Å²) in [7, 11) is 0. The van der Waals surface area contributed by atoms with Crippen molar-refractivity contribution in [2.75, 3.05) is 0 Å². The fourth-order valence-electron chi connectivity index (χ4n) is 1.43. The van der Waals surface area contributed by atoms with Gasteiger partial charge in [0.25, 0.3) is 0 Å². The number of aryl methyl sites for hydroxylation is 1. The summed E-state index contributed by atoms with van der Waals surface area (Å²) < 4.78 is 1.86. The molecule has 0 amide bonds. The van der Waals surface area contributed by atoms with Crippen LogP contribution in [0, 0.1) is 0 Å². The molecule has 2 aromatic heterocycles. The number of aromatic nitrogens is 2. The number of thiophene rings is 1. The van der Waals surface area contributed by atoms with Crippen LogP contribution < -0.4 is 0 Å². The average molecular weight is 220 g/mol. The van der Waals surface area contributed by atoms with Gasteiger partial charge in [0.2, 0.25) is 0 Å². The molecule has 15 heavy (non-hydrogen) atoms. The lowest BCUT2D eigenvalue weighted by Gasteiger charge is -2.00. The summed E-state index contributed by atoms with van der Waals surface area (Å²) in [5.74, 6) is 0. The summed E-state index contributed by atoms with van der Waals surface area (Å²) in [6, 6.07) is 4.25. The molecule has 78 valence electrons. The minimum absolute atomic E-state index is 0.626. The molecule has 0 N–H and O–H groups in total. The van der Waals surface area contributed by atoms with E-state index in [1.54, 1.807) is 23.9 Å².